The maximum atomic E-state index is 5.73. The van der Waals surface area contributed by atoms with Crippen LogP contribution in [0.4, 0.5) is 0 Å². The van der Waals surface area contributed by atoms with Crippen molar-refractivity contribution in [3.63, 3.8) is 0 Å². The first-order valence-electron chi connectivity index (χ1n) is 6.62. The second-order valence-electron chi connectivity index (χ2n) is 4.71. The molecular formula is C14H19NO2S. The highest BCUT2D eigenvalue weighted by Gasteiger charge is 2.17. The molecule has 4 heteroatoms. The van der Waals surface area contributed by atoms with Crippen LogP contribution in [0.25, 0.3) is 0 Å². The number of nitrogens with one attached hydrogen (secondary N) is 1. The molecule has 0 atom stereocenters. The SMILES string of the molecule is c1cc(CNC2CCSCC2)c2c(c1)OCCO2. The maximum absolute atomic E-state index is 5.73. The van der Waals surface area contributed by atoms with Crippen LogP contribution in [0.1, 0.15) is 18.4 Å². The summed E-state index contributed by atoms with van der Waals surface area (Å²) in [6.07, 6.45) is 2.55. The molecule has 0 saturated carbocycles. The molecule has 1 N–H and O–H groups in total. The lowest BCUT2D eigenvalue weighted by Gasteiger charge is -2.25. The van der Waals surface area contributed by atoms with Crippen LogP contribution in [-0.2, 0) is 6.54 Å². The molecule has 98 valence electrons. The number of fused-ring (bicyclic) bond motifs is 1. The summed E-state index contributed by atoms with van der Waals surface area (Å²) >= 11 is 2.06. The summed E-state index contributed by atoms with van der Waals surface area (Å²) in [5.74, 6) is 4.38. The van der Waals surface area contributed by atoms with Crippen LogP contribution in [0.2, 0.25) is 0 Å². The zero-order valence-electron chi connectivity index (χ0n) is 10.5. The summed E-state index contributed by atoms with van der Waals surface area (Å²) < 4.78 is 11.3. The molecule has 0 spiro atoms. The molecule has 0 unspecified atom stereocenters. The molecule has 3 rings (SSSR count). The van der Waals surface area contributed by atoms with Gasteiger partial charge in [-0.2, -0.15) is 11.8 Å². The van der Waals surface area contributed by atoms with E-state index in [-0.39, 0.29) is 0 Å². The van der Waals surface area contributed by atoms with Gasteiger partial charge in [-0.25, -0.2) is 0 Å². The second-order valence-corrected chi connectivity index (χ2v) is 5.93. The van der Waals surface area contributed by atoms with Crippen LogP contribution in [0, 0.1) is 0 Å². The molecular weight excluding hydrogens is 246 g/mol. The minimum atomic E-state index is 0.656. The Bertz CT molecular complexity index is 405. The van der Waals surface area contributed by atoms with E-state index in [1.54, 1.807) is 0 Å². The first-order valence-corrected chi connectivity index (χ1v) is 7.77. The lowest BCUT2D eigenvalue weighted by molar-refractivity contribution is 0.169. The molecule has 0 aromatic heterocycles. The van der Waals surface area contributed by atoms with Crippen molar-refractivity contribution in [2.24, 2.45) is 0 Å². The predicted octanol–water partition coefficient (Wildman–Crippen LogP) is 2.44. The zero-order valence-corrected chi connectivity index (χ0v) is 11.3. The summed E-state index contributed by atoms with van der Waals surface area (Å²) in [4.78, 5) is 0. The lowest BCUT2D eigenvalue weighted by Crippen LogP contribution is -2.32. The van der Waals surface area contributed by atoms with Gasteiger partial charge in [0, 0.05) is 18.2 Å². The molecule has 2 heterocycles. The summed E-state index contributed by atoms with van der Waals surface area (Å²) in [6.45, 7) is 2.19. The van der Waals surface area contributed by atoms with Crippen molar-refractivity contribution in [1.29, 1.82) is 0 Å². The van der Waals surface area contributed by atoms with Gasteiger partial charge in [-0.3, -0.25) is 0 Å². The van der Waals surface area contributed by atoms with E-state index in [1.807, 2.05) is 12.1 Å². The van der Waals surface area contributed by atoms with E-state index in [0.717, 1.165) is 18.0 Å². The van der Waals surface area contributed by atoms with Gasteiger partial charge < -0.3 is 14.8 Å². The Morgan fingerprint density at radius 1 is 1.17 bits per heavy atom. The molecule has 0 radical (unpaired) electrons. The van der Waals surface area contributed by atoms with Gasteiger partial charge in [0.1, 0.15) is 13.2 Å². The Hall–Kier alpha value is -0.870. The molecule has 1 saturated heterocycles. The third-order valence-electron chi connectivity index (χ3n) is 3.45. The Morgan fingerprint density at radius 3 is 2.89 bits per heavy atom. The molecule has 0 aliphatic carbocycles. The number of hydrogen-bond acceptors (Lipinski definition) is 4. The fraction of sp³-hybridized carbons (Fsp3) is 0.571. The van der Waals surface area contributed by atoms with Crippen LogP contribution in [0.5, 0.6) is 11.5 Å². The Kier molecular flexibility index (Phi) is 3.96. The monoisotopic (exact) mass is 265 g/mol. The standard InChI is InChI=1S/C14H19NO2S/c1-2-11(10-15-12-4-8-18-9-5-12)14-13(3-1)16-6-7-17-14/h1-3,12,15H,4-10H2. The largest absolute Gasteiger partial charge is 0.486 e. The third kappa shape index (κ3) is 2.75. The molecule has 0 bridgehead atoms. The van der Waals surface area contributed by atoms with Gasteiger partial charge in [0.05, 0.1) is 0 Å². The van der Waals surface area contributed by atoms with Crippen molar-refractivity contribution in [1.82, 2.24) is 5.32 Å². The summed E-state index contributed by atoms with van der Waals surface area (Å²) in [7, 11) is 0. The fourth-order valence-electron chi connectivity index (χ4n) is 2.43. The van der Waals surface area contributed by atoms with Gasteiger partial charge in [-0.05, 0) is 30.4 Å². The molecule has 3 nitrogen and oxygen atoms in total. The average Bonchev–Trinajstić information content (AvgIpc) is 2.46. The molecule has 1 aromatic rings. The average molecular weight is 265 g/mol. The number of benzene rings is 1. The van der Waals surface area contributed by atoms with E-state index in [9.17, 15) is 0 Å². The first-order chi connectivity index (χ1) is 8.93. The van der Waals surface area contributed by atoms with E-state index < -0.39 is 0 Å². The minimum Gasteiger partial charge on any atom is -0.486 e. The number of ether oxygens (including phenoxy) is 2. The van der Waals surface area contributed by atoms with Crippen molar-refractivity contribution in [3.05, 3.63) is 23.8 Å². The number of hydrogen-bond donors (Lipinski definition) is 1. The van der Waals surface area contributed by atoms with Gasteiger partial charge in [-0.1, -0.05) is 12.1 Å². The van der Waals surface area contributed by atoms with Crippen molar-refractivity contribution in [2.75, 3.05) is 24.7 Å². The highest BCUT2D eigenvalue weighted by molar-refractivity contribution is 7.99. The van der Waals surface area contributed by atoms with Crippen molar-refractivity contribution in [3.8, 4) is 11.5 Å². The van der Waals surface area contributed by atoms with Gasteiger partial charge in [0.15, 0.2) is 11.5 Å². The van der Waals surface area contributed by atoms with E-state index in [0.29, 0.717) is 19.3 Å². The Morgan fingerprint density at radius 2 is 2.00 bits per heavy atom. The predicted molar refractivity (Wildman–Crippen MR) is 74.6 cm³/mol. The quantitative estimate of drug-likeness (QED) is 0.909. The van der Waals surface area contributed by atoms with E-state index in [4.69, 9.17) is 9.47 Å². The normalized spacial score (nSPS) is 19.8. The Labute approximate surface area is 112 Å². The topological polar surface area (TPSA) is 30.5 Å². The molecule has 18 heavy (non-hydrogen) atoms. The van der Waals surface area contributed by atoms with E-state index in [2.05, 4.69) is 23.1 Å². The number of thioether (sulfide) groups is 1. The zero-order chi connectivity index (χ0) is 12.2. The summed E-state index contributed by atoms with van der Waals surface area (Å²) in [5.41, 5.74) is 1.21. The van der Waals surface area contributed by atoms with Crippen LogP contribution in [0.15, 0.2) is 18.2 Å². The highest BCUT2D eigenvalue weighted by atomic mass is 32.2. The Balaban J connectivity index is 1.65. The molecule has 0 amide bonds. The third-order valence-corrected chi connectivity index (χ3v) is 4.50. The van der Waals surface area contributed by atoms with Crippen molar-refractivity contribution < 1.29 is 9.47 Å². The minimum absolute atomic E-state index is 0.656. The van der Waals surface area contributed by atoms with Gasteiger partial charge >= 0.3 is 0 Å². The number of rotatable bonds is 3. The lowest BCUT2D eigenvalue weighted by atomic mass is 10.1. The summed E-state index contributed by atoms with van der Waals surface area (Å²) in [6, 6.07) is 6.81. The summed E-state index contributed by atoms with van der Waals surface area (Å²) in [5, 5.41) is 3.64. The molecule has 2 aliphatic rings. The maximum Gasteiger partial charge on any atom is 0.165 e. The van der Waals surface area contributed by atoms with Crippen molar-refractivity contribution >= 4 is 11.8 Å². The van der Waals surface area contributed by atoms with Gasteiger partial charge in [0.2, 0.25) is 0 Å². The van der Waals surface area contributed by atoms with E-state index >= 15 is 0 Å². The van der Waals surface area contributed by atoms with Crippen LogP contribution in [0.3, 0.4) is 0 Å². The van der Waals surface area contributed by atoms with Gasteiger partial charge in [0.25, 0.3) is 0 Å². The second kappa shape index (κ2) is 5.85. The molecule has 2 aliphatic heterocycles. The molecule has 1 fully saturated rings. The molecule has 1 aromatic carbocycles. The number of para-hydroxylation sites is 1. The van der Waals surface area contributed by atoms with Crippen LogP contribution in [-0.4, -0.2) is 30.8 Å². The fourth-order valence-corrected chi connectivity index (χ4v) is 3.54. The van der Waals surface area contributed by atoms with Crippen LogP contribution >= 0.6 is 11.8 Å². The highest BCUT2D eigenvalue weighted by Crippen LogP contribution is 2.33. The smallest absolute Gasteiger partial charge is 0.165 e. The first kappa shape index (κ1) is 12.2. The van der Waals surface area contributed by atoms with Crippen LogP contribution < -0.4 is 14.8 Å². The van der Waals surface area contributed by atoms with Crippen molar-refractivity contribution in [2.45, 2.75) is 25.4 Å². The van der Waals surface area contributed by atoms with E-state index in [1.165, 1.54) is 29.9 Å². The van der Waals surface area contributed by atoms with Gasteiger partial charge in [-0.15, -0.1) is 0 Å².